The summed E-state index contributed by atoms with van der Waals surface area (Å²) in [6.45, 7) is 6.09. The molecule has 94 valence electrons. The van der Waals surface area contributed by atoms with Gasteiger partial charge in [-0.15, -0.1) is 0 Å². The van der Waals surface area contributed by atoms with Gasteiger partial charge in [0, 0.05) is 12.6 Å². The first-order valence-electron chi connectivity index (χ1n) is 5.65. The maximum absolute atomic E-state index is 11.9. The Balaban J connectivity index is 2.61. The Labute approximate surface area is 96.8 Å². The van der Waals surface area contributed by atoms with Crippen LogP contribution in [0.2, 0.25) is 0 Å². The third-order valence-corrected chi connectivity index (χ3v) is 2.66. The molecule has 0 bridgehead atoms. The number of carbonyl (C=O) groups is 1. The van der Waals surface area contributed by atoms with Crippen molar-refractivity contribution in [2.45, 2.75) is 44.9 Å². The lowest BCUT2D eigenvalue weighted by molar-refractivity contribution is 0.0174. The van der Waals surface area contributed by atoms with Gasteiger partial charge in [0.15, 0.2) is 0 Å². The van der Waals surface area contributed by atoms with Gasteiger partial charge in [0.25, 0.3) is 0 Å². The lowest BCUT2D eigenvalue weighted by Gasteiger charge is -2.27. The summed E-state index contributed by atoms with van der Waals surface area (Å²) in [5.74, 6) is 0. The highest BCUT2D eigenvalue weighted by Crippen LogP contribution is 2.20. The van der Waals surface area contributed by atoms with E-state index in [0.717, 1.165) is 6.42 Å². The zero-order chi connectivity index (χ0) is 12.3. The van der Waals surface area contributed by atoms with Gasteiger partial charge in [-0.2, -0.15) is 0 Å². The molecular weight excluding hydrogens is 208 g/mol. The lowest BCUT2D eigenvalue weighted by atomic mass is 10.2. The van der Waals surface area contributed by atoms with Crippen LogP contribution in [0.1, 0.15) is 27.2 Å². The fraction of sp³-hybridized carbons (Fsp3) is 0.909. The molecule has 1 heterocycles. The Morgan fingerprint density at radius 2 is 2.19 bits per heavy atom. The summed E-state index contributed by atoms with van der Waals surface area (Å²) >= 11 is 0. The summed E-state index contributed by atoms with van der Waals surface area (Å²) in [6.07, 6.45) is 0.427. The third kappa shape index (κ3) is 3.35. The number of amides is 1. The van der Waals surface area contributed by atoms with E-state index in [2.05, 4.69) is 5.32 Å². The van der Waals surface area contributed by atoms with Crippen LogP contribution in [0.4, 0.5) is 4.79 Å². The number of ether oxygens (including phenoxy) is 1. The minimum Gasteiger partial charge on any atom is -0.444 e. The normalized spacial score (nSPS) is 25.9. The van der Waals surface area contributed by atoms with Crippen LogP contribution in [-0.4, -0.2) is 54.0 Å². The molecule has 0 aromatic heterocycles. The molecule has 2 atom stereocenters. The van der Waals surface area contributed by atoms with Crippen molar-refractivity contribution in [1.82, 2.24) is 10.2 Å². The maximum Gasteiger partial charge on any atom is 0.410 e. The van der Waals surface area contributed by atoms with Gasteiger partial charge in [-0.1, -0.05) is 0 Å². The summed E-state index contributed by atoms with van der Waals surface area (Å²) in [7, 11) is 1.86. The van der Waals surface area contributed by atoms with Gasteiger partial charge in [-0.3, -0.25) is 0 Å². The van der Waals surface area contributed by atoms with E-state index in [9.17, 15) is 9.90 Å². The van der Waals surface area contributed by atoms with E-state index >= 15 is 0 Å². The first-order chi connectivity index (χ1) is 7.37. The van der Waals surface area contributed by atoms with Crippen LogP contribution in [0.25, 0.3) is 0 Å². The van der Waals surface area contributed by atoms with Gasteiger partial charge in [0.1, 0.15) is 5.60 Å². The quantitative estimate of drug-likeness (QED) is 0.728. The van der Waals surface area contributed by atoms with Gasteiger partial charge < -0.3 is 20.1 Å². The van der Waals surface area contributed by atoms with Gasteiger partial charge in [-0.05, 0) is 34.2 Å². The smallest absolute Gasteiger partial charge is 0.410 e. The third-order valence-electron chi connectivity index (χ3n) is 2.66. The van der Waals surface area contributed by atoms with Crippen molar-refractivity contribution in [2.75, 3.05) is 20.2 Å². The van der Waals surface area contributed by atoms with Crippen LogP contribution in [-0.2, 0) is 4.74 Å². The standard InChI is InChI=1S/C11H22N2O3/c1-11(2,3)16-10(15)13-6-8(12-4)5-9(13)7-14/h8-9,12,14H,5-7H2,1-4H3/t8?,9-/m0/s1. The van der Waals surface area contributed by atoms with E-state index < -0.39 is 5.60 Å². The maximum atomic E-state index is 11.9. The second kappa shape index (κ2) is 5.01. The molecule has 1 rings (SSSR count). The second-order valence-corrected chi connectivity index (χ2v) is 5.19. The Morgan fingerprint density at radius 1 is 1.56 bits per heavy atom. The molecule has 0 aliphatic carbocycles. The van der Waals surface area contributed by atoms with Crippen LogP contribution in [0, 0.1) is 0 Å². The Morgan fingerprint density at radius 3 is 2.62 bits per heavy atom. The van der Waals surface area contributed by atoms with E-state index in [4.69, 9.17) is 4.74 Å². The predicted molar refractivity (Wildman–Crippen MR) is 61.3 cm³/mol. The van der Waals surface area contributed by atoms with E-state index in [1.165, 1.54) is 0 Å². The lowest BCUT2D eigenvalue weighted by Crippen LogP contribution is -2.42. The molecule has 0 spiro atoms. The van der Waals surface area contributed by atoms with Crippen molar-refractivity contribution in [3.05, 3.63) is 0 Å². The number of likely N-dealkylation sites (N-methyl/N-ethyl adjacent to an activating group) is 1. The van der Waals surface area contributed by atoms with Gasteiger partial charge in [0.05, 0.1) is 12.6 Å². The summed E-state index contributed by atoms with van der Waals surface area (Å²) in [5, 5.41) is 12.3. The number of aliphatic hydroxyl groups is 1. The van der Waals surface area contributed by atoms with Crippen molar-refractivity contribution in [3.8, 4) is 0 Å². The number of carbonyl (C=O) groups excluding carboxylic acids is 1. The van der Waals surface area contributed by atoms with E-state index in [0.29, 0.717) is 6.54 Å². The van der Waals surface area contributed by atoms with Crippen LogP contribution in [0.3, 0.4) is 0 Å². The molecule has 5 nitrogen and oxygen atoms in total. The van der Waals surface area contributed by atoms with Crippen LogP contribution in [0.15, 0.2) is 0 Å². The van der Waals surface area contributed by atoms with E-state index in [-0.39, 0.29) is 24.8 Å². The summed E-state index contributed by atoms with van der Waals surface area (Å²) in [6, 6.07) is 0.108. The Kier molecular flexibility index (Phi) is 4.15. The molecule has 5 heteroatoms. The second-order valence-electron chi connectivity index (χ2n) is 5.19. The largest absolute Gasteiger partial charge is 0.444 e. The summed E-state index contributed by atoms with van der Waals surface area (Å²) in [4.78, 5) is 13.5. The van der Waals surface area contributed by atoms with Gasteiger partial charge in [0.2, 0.25) is 0 Å². The molecule has 1 fully saturated rings. The molecule has 0 saturated carbocycles. The topological polar surface area (TPSA) is 61.8 Å². The Hall–Kier alpha value is -0.810. The zero-order valence-corrected chi connectivity index (χ0v) is 10.5. The number of rotatable bonds is 2. The Bertz CT molecular complexity index is 250. The van der Waals surface area contributed by atoms with Crippen molar-refractivity contribution in [3.63, 3.8) is 0 Å². The molecule has 0 aromatic rings. The fourth-order valence-electron chi connectivity index (χ4n) is 1.84. The number of nitrogens with zero attached hydrogens (tertiary/aromatic N) is 1. The first kappa shape index (κ1) is 13.3. The van der Waals surface area contributed by atoms with E-state index in [1.54, 1.807) is 4.90 Å². The summed E-state index contributed by atoms with van der Waals surface area (Å²) < 4.78 is 5.29. The molecule has 0 aromatic carbocycles. The fourth-order valence-corrected chi connectivity index (χ4v) is 1.84. The van der Waals surface area contributed by atoms with Crippen LogP contribution >= 0.6 is 0 Å². The van der Waals surface area contributed by atoms with Gasteiger partial charge >= 0.3 is 6.09 Å². The number of hydrogen-bond acceptors (Lipinski definition) is 4. The monoisotopic (exact) mass is 230 g/mol. The van der Waals surface area contributed by atoms with Gasteiger partial charge in [-0.25, -0.2) is 4.79 Å². The highest BCUT2D eigenvalue weighted by Gasteiger charge is 2.36. The molecule has 0 radical (unpaired) electrons. The molecule has 1 aliphatic heterocycles. The van der Waals surface area contributed by atoms with E-state index in [1.807, 2.05) is 27.8 Å². The van der Waals surface area contributed by atoms with Crippen molar-refractivity contribution < 1.29 is 14.6 Å². The highest BCUT2D eigenvalue weighted by molar-refractivity contribution is 5.69. The van der Waals surface area contributed by atoms with Crippen molar-refractivity contribution in [2.24, 2.45) is 0 Å². The average Bonchev–Trinajstić information content (AvgIpc) is 2.58. The molecule has 2 N–H and O–H groups in total. The molecule has 1 aliphatic rings. The number of hydrogen-bond donors (Lipinski definition) is 2. The highest BCUT2D eigenvalue weighted by atomic mass is 16.6. The van der Waals surface area contributed by atoms with Crippen molar-refractivity contribution >= 4 is 6.09 Å². The van der Waals surface area contributed by atoms with Crippen LogP contribution in [0.5, 0.6) is 0 Å². The number of aliphatic hydroxyl groups excluding tert-OH is 1. The minimum absolute atomic E-state index is 0.0164. The first-order valence-corrected chi connectivity index (χ1v) is 5.65. The minimum atomic E-state index is -0.491. The molecular formula is C11H22N2O3. The number of nitrogens with one attached hydrogen (secondary N) is 1. The zero-order valence-electron chi connectivity index (χ0n) is 10.5. The van der Waals surface area contributed by atoms with Crippen LogP contribution < -0.4 is 5.32 Å². The van der Waals surface area contributed by atoms with Crippen molar-refractivity contribution in [1.29, 1.82) is 0 Å². The predicted octanol–water partition coefficient (Wildman–Crippen LogP) is 0.576. The molecule has 1 saturated heterocycles. The summed E-state index contributed by atoms with van der Waals surface area (Å²) in [5.41, 5.74) is -0.491. The average molecular weight is 230 g/mol. The molecule has 1 unspecified atom stereocenters. The SMILES string of the molecule is CNC1C[C@@H](CO)N(C(=O)OC(C)(C)C)C1. The number of likely N-dealkylation sites (tertiary alicyclic amines) is 1. The molecule has 1 amide bonds. The molecule has 16 heavy (non-hydrogen) atoms.